The Hall–Kier alpha value is -2.28. The highest BCUT2D eigenvalue weighted by Crippen LogP contribution is 2.34. The van der Waals surface area contributed by atoms with Gasteiger partial charge in [-0.3, -0.25) is 19.8 Å². The first kappa shape index (κ1) is 19.1. The van der Waals surface area contributed by atoms with Crippen LogP contribution >= 0.6 is 23.4 Å². The van der Waals surface area contributed by atoms with Crippen LogP contribution in [0, 0.1) is 0 Å². The van der Waals surface area contributed by atoms with E-state index in [4.69, 9.17) is 11.6 Å². The van der Waals surface area contributed by atoms with E-state index in [1.807, 2.05) is 36.4 Å². The normalized spacial score (nSPS) is 20.5. The van der Waals surface area contributed by atoms with E-state index in [0.717, 1.165) is 48.5 Å². The minimum atomic E-state index is -0.310. The summed E-state index contributed by atoms with van der Waals surface area (Å²) in [5.41, 5.74) is 2.30. The number of hydrogen-bond acceptors (Lipinski definition) is 5. The lowest BCUT2D eigenvalue weighted by molar-refractivity contribution is -0.115. The molecule has 4 rings (SSSR count). The van der Waals surface area contributed by atoms with Gasteiger partial charge in [0.15, 0.2) is 0 Å². The van der Waals surface area contributed by atoms with Gasteiger partial charge in [0, 0.05) is 37.4 Å². The van der Waals surface area contributed by atoms with Crippen molar-refractivity contribution in [3.05, 3.63) is 81.9 Å². The van der Waals surface area contributed by atoms with E-state index in [0.29, 0.717) is 4.91 Å². The number of amides is 2. The molecule has 2 aromatic rings. The summed E-state index contributed by atoms with van der Waals surface area (Å²) in [5, 5.41) is 2.75. The van der Waals surface area contributed by atoms with Gasteiger partial charge in [0.05, 0.1) is 10.9 Å². The molecule has 2 fully saturated rings. The van der Waals surface area contributed by atoms with Crippen LogP contribution in [0.3, 0.4) is 0 Å². The molecule has 1 atom stereocenters. The summed E-state index contributed by atoms with van der Waals surface area (Å²) in [7, 11) is 0. The second kappa shape index (κ2) is 8.39. The molecular formula is C21H20ClN3O2S. The first-order chi connectivity index (χ1) is 13.6. The third-order valence-electron chi connectivity index (χ3n) is 4.97. The van der Waals surface area contributed by atoms with Crippen molar-refractivity contribution in [2.45, 2.75) is 6.04 Å². The van der Waals surface area contributed by atoms with Crippen LogP contribution in [0.15, 0.2) is 65.7 Å². The van der Waals surface area contributed by atoms with Crippen molar-refractivity contribution in [2.24, 2.45) is 0 Å². The summed E-state index contributed by atoms with van der Waals surface area (Å²) >= 11 is 7.49. The molecule has 2 aliphatic rings. The molecule has 0 aliphatic carbocycles. The van der Waals surface area contributed by atoms with Gasteiger partial charge < -0.3 is 4.90 Å². The van der Waals surface area contributed by atoms with E-state index in [2.05, 4.69) is 33.3 Å². The molecule has 0 spiro atoms. The summed E-state index contributed by atoms with van der Waals surface area (Å²) in [6.07, 6.45) is 1.80. The van der Waals surface area contributed by atoms with Gasteiger partial charge in [-0.1, -0.05) is 60.1 Å². The Morgan fingerprint density at radius 1 is 0.964 bits per heavy atom. The van der Waals surface area contributed by atoms with Crippen LogP contribution < -0.4 is 5.32 Å². The molecule has 5 nitrogen and oxygen atoms in total. The maximum atomic E-state index is 11.8. The van der Waals surface area contributed by atoms with E-state index in [1.54, 1.807) is 6.20 Å². The Morgan fingerprint density at radius 3 is 2.29 bits per heavy atom. The fourth-order valence-electron chi connectivity index (χ4n) is 3.62. The van der Waals surface area contributed by atoms with E-state index < -0.39 is 0 Å². The van der Waals surface area contributed by atoms with E-state index >= 15 is 0 Å². The number of hydrogen-bond donors (Lipinski definition) is 1. The molecular weight excluding hydrogens is 394 g/mol. The van der Waals surface area contributed by atoms with Crippen molar-refractivity contribution in [3.8, 4) is 0 Å². The zero-order valence-corrected chi connectivity index (χ0v) is 16.7. The minimum Gasteiger partial charge on any atom is -0.374 e. The molecule has 2 heterocycles. The van der Waals surface area contributed by atoms with Gasteiger partial charge in [-0.25, -0.2) is 0 Å². The molecule has 0 saturated carbocycles. The molecule has 28 heavy (non-hydrogen) atoms. The predicted molar refractivity (Wildman–Crippen MR) is 112 cm³/mol. The molecule has 2 aliphatic heterocycles. The number of thioether (sulfide) groups is 1. The largest absolute Gasteiger partial charge is 0.374 e. The number of nitrogens with zero attached hydrogens (tertiary/aromatic N) is 2. The quantitative estimate of drug-likeness (QED) is 0.771. The fourth-order valence-corrected chi connectivity index (χ4v) is 4.55. The number of nitrogens with one attached hydrogen (secondary N) is 1. The third-order valence-corrected chi connectivity index (χ3v) is 6.11. The molecule has 2 saturated heterocycles. The number of carbonyl (C=O) groups excluding carboxylic acids is 2. The van der Waals surface area contributed by atoms with Crippen LogP contribution in [0.25, 0.3) is 0 Å². The Morgan fingerprint density at radius 2 is 1.64 bits per heavy atom. The molecule has 1 unspecified atom stereocenters. The molecule has 144 valence electrons. The number of benzene rings is 2. The number of carbonyl (C=O) groups is 2. The van der Waals surface area contributed by atoms with Crippen LogP contribution in [-0.4, -0.2) is 47.1 Å². The molecule has 0 radical (unpaired) electrons. The Balaban J connectivity index is 1.53. The Kier molecular flexibility index (Phi) is 5.71. The summed E-state index contributed by atoms with van der Waals surface area (Å²) < 4.78 is 0. The van der Waals surface area contributed by atoms with Gasteiger partial charge in [0.25, 0.3) is 11.1 Å². The molecule has 2 aromatic carbocycles. The number of halogens is 1. The van der Waals surface area contributed by atoms with Crippen molar-refractivity contribution in [1.82, 2.24) is 15.1 Å². The van der Waals surface area contributed by atoms with Gasteiger partial charge in [-0.15, -0.1) is 0 Å². The smallest absolute Gasteiger partial charge is 0.290 e. The van der Waals surface area contributed by atoms with Crippen molar-refractivity contribution in [2.75, 3.05) is 26.2 Å². The van der Waals surface area contributed by atoms with E-state index in [9.17, 15) is 9.59 Å². The summed E-state index contributed by atoms with van der Waals surface area (Å²) in [5.74, 6) is -0.310. The lowest BCUT2D eigenvalue weighted by Gasteiger charge is -2.39. The van der Waals surface area contributed by atoms with Gasteiger partial charge in [0.1, 0.15) is 0 Å². The predicted octanol–water partition coefficient (Wildman–Crippen LogP) is 3.87. The number of imide groups is 1. The Labute approximate surface area is 173 Å². The maximum Gasteiger partial charge on any atom is 0.290 e. The van der Waals surface area contributed by atoms with Crippen molar-refractivity contribution in [3.63, 3.8) is 0 Å². The molecule has 0 aromatic heterocycles. The molecule has 7 heteroatoms. The van der Waals surface area contributed by atoms with Gasteiger partial charge in [-0.2, -0.15) is 0 Å². The van der Waals surface area contributed by atoms with Crippen LogP contribution in [0.2, 0.25) is 5.02 Å². The fraction of sp³-hybridized carbons (Fsp3) is 0.238. The van der Waals surface area contributed by atoms with Gasteiger partial charge in [-0.05, 0) is 29.0 Å². The van der Waals surface area contributed by atoms with Crippen LogP contribution in [0.5, 0.6) is 0 Å². The summed E-state index contributed by atoms with van der Waals surface area (Å²) in [6, 6.07) is 18.4. The zero-order valence-electron chi connectivity index (χ0n) is 15.2. The van der Waals surface area contributed by atoms with Crippen LogP contribution in [0.1, 0.15) is 17.2 Å². The molecule has 1 N–H and O–H groups in total. The average Bonchev–Trinajstić information content (AvgIpc) is 3.02. The van der Waals surface area contributed by atoms with Gasteiger partial charge in [0.2, 0.25) is 0 Å². The Bertz CT molecular complexity index is 911. The number of piperazine rings is 1. The highest BCUT2D eigenvalue weighted by Gasteiger charge is 2.29. The maximum absolute atomic E-state index is 11.8. The topological polar surface area (TPSA) is 52.7 Å². The first-order valence-electron chi connectivity index (χ1n) is 9.14. The van der Waals surface area contributed by atoms with Crippen molar-refractivity contribution >= 4 is 34.5 Å². The molecule has 2 amide bonds. The van der Waals surface area contributed by atoms with Crippen LogP contribution in [0.4, 0.5) is 4.79 Å². The monoisotopic (exact) mass is 413 g/mol. The average molecular weight is 414 g/mol. The summed E-state index contributed by atoms with van der Waals surface area (Å²) in [6.45, 7) is 3.21. The van der Waals surface area contributed by atoms with Crippen molar-refractivity contribution < 1.29 is 9.59 Å². The van der Waals surface area contributed by atoms with Crippen molar-refractivity contribution in [1.29, 1.82) is 0 Å². The molecule has 0 bridgehead atoms. The summed E-state index contributed by atoms with van der Waals surface area (Å²) in [4.78, 5) is 28.1. The second-order valence-electron chi connectivity index (χ2n) is 6.74. The van der Waals surface area contributed by atoms with Crippen LogP contribution in [-0.2, 0) is 4.79 Å². The second-order valence-corrected chi connectivity index (χ2v) is 8.17. The lowest BCUT2D eigenvalue weighted by atomic mass is 9.96. The highest BCUT2D eigenvalue weighted by atomic mass is 35.5. The highest BCUT2D eigenvalue weighted by molar-refractivity contribution is 8.18. The van der Waals surface area contributed by atoms with Gasteiger partial charge >= 0.3 is 0 Å². The first-order valence-corrected chi connectivity index (χ1v) is 10.3. The van der Waals surface area contributed by atoms with E-state index in [1.165, 1.54) is 5.56 Å². The van der Waals surface area contributed by atoms with E-state index in [-0.39, 0.29) is 17.2 Å². The zero-order chi connectivity index (χ0) is 19.5. The lowest BCUT2D eigenvalue weighted by Crippen LogP contribution is -2.46. The minimum absolute atomic E-state index is 0.0791. The third kappa shape index (κ3) is 4.09. The number of rotatable bonds is 4. The SMILES string of the molecule is O=C1NC(=O)/C(=C/N2CCN(C(c3ccccc3)c3ccccc3Cl)CC2)S1. The standard InChI is InChI=1S/C21H20ClN3O2S/c22-17-9-5-4-8-16(17)19(15-6-2-1-3-7-15)25-12-10-24(11-13-25)14-18-20(26)23-21(27)28-18/h1-9,14,19H,10-13H2,(H,23,26,27)/b18-14-.